The van der Waals surface area contributed by atoms with Gasteiger partial charge in [0.15, 0.2) is 0 Å². The van der Waals surface area contributed by atoms with Gasteiger partial charge in [0.2, 0.25) is 5.91 Å². The van der Waals surface area contributed by atoms with E-state index in [9.17, 15) is 24.8 Å². The number of non-ortho nitro benzene ring substituents is 1. The van der Waals surface area contributed by atoms with Gasteiger partial charge in [-0.3, -0.25) is 24.6 Å². The molecule has 0 saturated carbocycles. The van der Waals surface area contributed by atoms with E-state index in [-0.39, 0.29) is 22.2 Å². The number of nitro benzene ring substituents is 1. The molecule has 0 radical (unpaired) electrons. The molecule has 0 bridgehead atoms. The average molecular weight is 450 g/mol. The van der Waals surface area contributed by atoms with E-state index in [1.807, 2.05) is 0 Å². The van der Waals surface area contributed by atoms with Crippen LogP contribution in [0.3, 0.4) is 0 Å². The van der Waals surface area contributed by atoms with Gasteiger partial charge >= 0.3 is 0 Å². The van der Waals surface area contributed by atoms with E-state index in [1.54, 1.807) is 30.3 Å². The van der Waals surface area contributed by atoms with Crippen molar-refractivity contribution in [2.75, 3.05) is 11.9 Å². The number of anilines is 1. The van der Waals surface area contributed by atoms with E-state index in [2.05, 4.69) is 5.32 Å². The molecular weight excluding hydrogens is 438 g/mol. The van der Waals surface area contributed by atoms with Crippen LogP contribution in [0.1, 0.15) is 5.56 Å². The first-order valence-corrected chi connectivity index (χ1v) is 9.63. The average Bonchev–Trinajstić information content (AvgIpc) is 2.92. The van der Waals surface area contributed by atoms with Crippen molar-refractivity contribution in [2.24, 2.45) is 0 Å². The summed E-state index contributed by atoms with van der Waals surface area (Å²) >= 11 is 12.3. The summed E-state index contributed by atoms with van der Waals surface area (Å²) in [5.41, 5.74) is 0.315. The monoisotopic (exact) mass is 449 g/mol. The van der Waals surface area contributed by atoms with Crippen LogP contribution in [0, 0.1) is 10.1 Å². The molecule has 8 nitrogen and oxygen atoms in total. The molecule has 1 aliphatic heterocycles. The van der Waals surface area contributed by atoms with Crippen molar-refractivity contribution in [3.63, 3.8) is 0 Å². The van der Waals surface area contributed by atoms with Crippen LogP contribution in [0.4, 0.5) is 11.4 Å². The smallest absolute Gasteiger partial charge is 0.273 e. The van der Waals surface area contributed by atoms with Crippen LogP contribution in [-0.4, -0.2) is 37.6 Å². The van der Waals surface area contributed by atoms with E-state index >= 15 is 0 Å². The summed E-state index contributed by atoms with van der Waals surface area (Å²) in [5.74, 6) is -1.52. The number of rotatable bonds is 5. The molecule has 0 aliphatic carbocycles. The minimum absolute atomic E-state index is 0.0161. The van der Waals surface area contributed by atoms with Crippen molar-refractivity contribution >= 4 is 69.2 Å². The van der Waals surface area contributed by atoms with Gasteiger partial charge in [-0.25, -0.2) is 0 Å². The summed E-state index contributed by atoms with van der Waals surface area (Å²) in [6.07, 6.45) is 1.60. The van der Waals surface area contributed by atoms with Crippen molar-refractivity contribution in [1.82, 2.24) is 4.90 Å². The SMILES string of the molecule is O=C(CN1C(=O)/C(=C/c2ccccc2Cl)SC1=S)Nc1ccc([N+](=O)[O-])cc1O. The Morgan fingerprint density at radius 3 is 2.72 bits per heavy atom. The summed E-state index contributed by atoms with van der Waals surface area (Å²) in [5, 5.41) is 23.4. The van der Waals surface area contributed by atoms with E-state index in [4.69, 9.17) is 23.8 Å². The standard InChI is InChI=1S/C18H12ClN3O5S2/c19-12-4-2-1-3-10(12)7-15-17(25)21(18(28)29-15)9-16(24)20-13-6-5-11(22(26)27)8-14(13)23/h1-8,23H,9H2,(H,20,24)/b15-7-. The van der Waals surface area contributed by atoms with Gasteiger partial charge in [0.25, 0.3) is 11.6 Å². The molecule has 29 heavy (non-hydrogen) atoms. The fraction of sp³-hybridized carbons (Fsp3) is 0.0556. The highest BCUT2D eigenvalue weighted by atomic mass is 35.5. The number of carbonyl (C=O) groups excluding carboxylic acids is 2. The minimum Gasteiger partial charge on any atom is -0.506 e. The molecule has 2 N–H and O–H groups in total. The molecule has 0 spiro atoms. The lowest BCUT2D eigenvalue weighted by Crippen LogP contribution is -2.36. The Bertz CT molecular complexity index is 1070. The third kappa shape index (κ3) is 4.73. The Labute approximate surface area is 179 Å². The van der Waals surface area contributed by atoms with Gasteiger partial charge in [-0.15, -0.1) is 0 Å². The van der Waals surface area contributed by atoms with Crippen molar-refractivity contribution in [3.8, 4) is 5.75 Å². The summed E-state index contributed by atoms with van der Waals surface area (Å²) in [7, 11) is 0. The Hall–Kier alpha value is -2.95. The maximum absolute atomic E-state index is 12.6. The van der Waals surface area contributed by atoms with Gasteiger partial charge in [0.05, 0.1) is 21.6 Å². The van der Waals surface area contributed by atoms with Crippen LogP contribution in [0.2, 0.25) is 5.02 Å². The number of thioether (sulfide) groups is 1. The molecule has 11 heteroatoms. The van der Waals surface area contributed by atoms with Crippen LogP contribution in [0.5, 0.6) is 5.75 Å². The Kier molecular flexibility index (Phi) is 6.16. The third-order valence-corrected chi connectivity index (χ3v) is 5.56. The summed E-state index contributed by atoms with van der Waals surface area (Å²) in [6, 6.07) is 10.2. The van der Waals surface area contributed by atoms with Crippen molar-refractivity contribution in [1.29, 1.82) is 0 Å². The number of nitrogens with one attached hydrogen (secondary N) is 1. The van der Waals surface area contributed by atoms with Crippen molar-refractivity contribution in [2.45, 2.75) is 0 Å². The van der Waals surface area contributed by atoms with Crippen LogP contribution >= 0.6 is 35.6 Å². The summed E-state index contributed by atoms with van der Waals surface area (Å²) < 4.78 is 0.205. The quantitative estimate of drug-likeness (QED) is 0.235. The molecule has 2 aromatic carbocycles. The minimum atomic E-state index is -0.670. The Morgan fingerprint density at radius 1 is 1.34 bits per heavy atom. The second-order valence-corrected chi connectivity index (χ2v) is 7.88. The number of thiocarbonyl (C=S) groups is 1. The first kappa shape index (κ1) is 20.8. The number of benzene rings is 2. The fourth-order valence-electron chi connectivity index (χ4n) is 2.44. The first-order valence-electron chi connectivity index (χ1n) is 8.03. The third-order valence-electron chi connectivity index (χ3n) is 3.83. The summed E-state index contributed by atoms with van der Waals surface area (Å²) in [4.78, 5) is 36.4. The second-order valence-electron chi connectivity index (χ2n) is 5.80. The number of aromatic hydroxyl groups is 1. The lowest BCUT2D eigenvalue weighted by molar-refractivity contribution is -0.384. The molecule has 0 aromatic heterocycles. The highest BCUT2D eigenvalue weighted by Gasteiger charge is 2.33. The van der Waals surface area contributed by atoms with Gasteiger partial charge in [-0.2, -0.15) is 0 Å². The lowest BCUT2D eigenvalue weighted by Gasteiger charge is -2.14. The molecular formula is C18H12ClN3O5S2. The highest BCUT2D eigenvalue weighted by molar-refractivity contribution is 8.26. The van der Waals surface area contributed by atoms with Crippen molar-refractivity contribution in [3.05, 3.63) is 68.1 Å². The predicted octanol–water partition coefficient (Wildman–Crippen LogP) is 3.79. The molecule has 3 rings (SSSR count). The predicted molar refractivity (Wildman–Crippen MR) is 115 cm³/mol. The molecule has 0 atom stereocenters. The van der Waals surface area contributed by atoms with Gasteiger partial charge in [-0.05, 0) is 23.8 Å². The number of carbonyl (C=O) groups is 2. The van der Waals surface area contributed by atoms with Gasteiger partial charge < -0.3 is 10.4 Å². The molecule has 148 valence electrons. The van der Waals surface area contributed by atoms with E-state index in [1.165, 1.54) is 6.07 Å². The molecule has 2 aromatic rings. The van der Waals surface area contributed by atoms with Gasteiger partial charge in [0.1, 0.15) is 16.6 Å². The zero-order valence-corrected chi connectivity index (χ0v) is 16.9. The highest BCUT2D eigenvalue weighted by Crippen LogP contribution is 2.34. The molecule has 0 unspecified atom stereocenters. The zero-order valence-electron chi connectivity index (χ0n) is 14.5. The number of amides is 2. The van der Waals surface area contributed by atoms with E-state index < -0.39 is 22.5 Å². The molecule has 1 heterocycles. The summed E-state index contributed by atoms with van der Waals surface area (Å²) in [6.45, 7) is -0.374. The van der Waals surface area contributed by atoms with Crippen LogP contribution in [0.15, 0.2) is 47.4 Å². The maximum Gasteiger partial charge on any atom is 0.273 e. The lowest BCUT2D eigenvalue weighted by atomic mass is 10.2. The molecule has 1 aliphatic rings. The molecule has 1 fully saturated rings. The first-order chi connectivity index (χ1) is 13.8. The van der Waals surface area contributed by atoms with Crippen molar-refractivity contribution < 1.29 is 19.6 Å². The van der Waals surface area contributed by atoms with E-state index in [0.29, 0.717) is 15.5 Å². The number of nitro groups is 1. The molecule has 1 saturated heterocycles. The number of nitrogens with zero attached hydrogens (tertiary/aromatic N) is 2. The normalized spacial score (nSPS) is 15.1. The number of halogens is 1. The van der Waals surface area contributed by atoms with Crippen LogP contribution in [-0.2, 0) is 9.59 Å². The molecule has 2 amide bonds. The van der Waals surface area contributed by atoms with Crippen LogP contribution < -0.4 is 5.32 Å². The number of phenols is 1. The van der Waals surface area contributed by atoms with Crippen LogP contribution in [0.25, 0.3) is 6.08 Å². The Morgan fingerprint density at radius 2 is 2.07 bits per heavy atom. The Balaban J connectivity index is 1.71. The fourth-order valence-corrected chi connectivity index (χ4v) is 3.88. The number of phenolic OH excluding ortho intramolecular Hbond substituents is 1. The van der Waals surface area contributed by atoms with Gasteiger partial charge in [-0.1, -0.05) is 53.8 Å². The largest absolute Gasteiger partial charge is 0.506 e. The topological polar surface area (TPSA) is 113 Å². The number of hydrogen-bond donors (Lipinski definition) is 2. The maximum atomic E-state index is 12.6. The number of hydrogen-bond acceptors (Lipinski definition) is 7. The zero-order chi connectivity index (χ0) is 21.1. The van der Waals surface area contributed by atoms with E-state index in [0.717, 1.165) is 28.8 Å². The second kappa shape index (κ2) is 8.60. The van der Waals surface area contributed by atoms with Gasteiger partial charge in [0, 0.05) is 11.1 Å².